The molecule has 0 amide bonds. The van der Waals surface area contributed by atoms with Crippen molar-refractivity contribution in [2.24, 2.45) is 0 Å². The normalized spacial score (nSPS) is 21.9. The van der Waals surface area contributed by atoms with Crippen molar-refractivity contribution >= 4 is 17.3 Å². The molecule has 0 aromatic carbocycles. The Balaban J connectivity index is 2.16. The van der Waals surface area contributed by atoms with E-state index in [4.69, 9.17) is 16.3 Å². The monoisotopic (exact) mass is 241 g/mol. The lowest BCUT2D eigenvalue weighted by Gasteiger charge is -2.25. The molecule has 1 aromatic heterocycles. The second-order valence-electron chi connectivity index (χ2n) is 3.83. The number of aromatic nitrogens is 1. The van der Waals surface area contributed by atoms with E-state index >= 15 is 0 Å². The van der Waals surface area contributed by atoms with E-state index in [2.05, 4.69) is 15.2 Å². The summed E-state index contributed by atoms with van der Waals surface area (Å²) in [6.07, 6.45) is 3.51. The molecule has 1 saturated heterocycles. The van der Waals surface area contributed by atoms with Gasteiger partial charge in [0.15, 0.2) is 0 Å². The highest BCUT2D eigenvalue weighted by molar-refractivity contribution is 6.33. The second-order valence-corrected chi connectivity index (χ2v) is 4.24. The number of ether oxygens (including phenoxy) is 1. The highest BCUT2D eigenvalue weighted by Crippen LogP contribution is 2.24. The van der Waals surface area contributed by atoms with Crippen LogP contribution < -0.4 is 10.2 Å². The molecule has 16 heavy (non-hydrogen) atoms. The van der Waals surface area contributed by atoms with Gasteiger partial charge >= 0.3 is 0 Å². The van der Waals surface area contributed by atoms with Crippen LogP contribution in [0.2, 0.25) is 5.02 Å². The highest BCUT2D eigenvalue weighted by atomic mass is 35.5. The number of nitrogens with one attached hydrogen (secondary N) is 1. The Morgan fingerprint density at radius 3 is 3.25 bits per heavy atom. The van der Waals surface area contributed by atoms with E-state index in [1.165, 1.54) is 0 Å². The predicted molar refractivity (Wildman–Crippen MR) is 65.1 cm³/mol. The quantitative estimate of drug-likeness (QED) is 0.843. The van der Waals surface area contributed by atoms with Gasteiger partial charge in [-0.25, -0.2) is 0 Å². The molecule has 0 spiro atoms. The van der Waals surface area contributed by atoms with Crippen molar-refractivity contribution in [2.75, 3.05) is 38.3 Å². The largest absolute Gasteiger partial charge is 0.378 e. The lowest BCUT2D eigenvalue weighted by molar-refractivity contribution is 0.136. The molecule has 1 atom stereocenters. The van der Waals surface area contributed by atoms with Crippen LogP contribution in [0, 0.1) is 0 Å². The van der Waals surface area contributed by atoms with Crippen LogP contribution in [-0.2, 0) is 4.74 Å². The topological polar surface area (TPSA) is 37.4 Å². The molecule has 1 N–H and O–H groups in total. The number of anilines is 1. The first-order chi connectivity index (χ1) is 7.81. The molecule has 88 valence electrons. The van der Waals surface area contributed by atoms with E-state index in [1.54, 1.807) is 12.4 Å². The Morgan fingerprint density at radius 2 is 2.50 bits per heavy atom. The Bertz CT molecular complexity index is 348. The molecular weight excluding hydrogens is 226 g/mol. The van der Waals surface area contributed by atoms with Gasteiger partial charge in [0, 0.05) is 25.3 Å². The van der Waals surface area contributed by atoms with Gasteiger partial charge in [0.25, 0.3) is 0 Å². The second kappa shape index (κ2) is 5.48. The third-order valence-corrected chi connectivity index (χ3v) is 3.08. The Labute approximate surface area is 101 Å². The third kappa shape index (κ3) is 2.64. The molecule has 1 unspecified atom stereocenters. The minimum atomic E-state index is 0.332. The number of halogens is 1. The maximum Gasteiger partial charge on any atom is 0.0743 e. The van der Waals surface area contributed by atoms with E-state index in [0.717, 1.165) is 37.0 Å². The van der Waals surface area contributed by atoms with Crippen molar-refractivity contribution in [3.63, 3.8) is 0 Å². The fraction of sp³-hybridized carbons (Fsp3) is 0.545. The molecule has 0 bridgehead atoms. The van der Waals surface area contributed by atoms with Crippen LogP contribution in [-0.4, -0.2) is 44.4 Å². The minimum absolute atomic E-state index is 0.332. The summed E-state index contributed by atoms with van der Waals surface area (Å²) in [5.41, 5.74) is 0.981. The molecular formula is C11H16ClN3O. The number of hydrogen-bond acceptors (Lipinski definition) is 4. The standard InChI is InChI=1S/C11H16ClN3O/c1-13-9-7-15(4-5-16-8-9)11-6-14-3-2-10(11)12/h2-3,6,9,13H,4-5,7-8H2,1H3. The first kappa shape index (κ1) is 11.6. The molecule has 1 aliphatic rings. The molecule has 1 aromatic rings. The van der Waals surface area contributed by atoms with Crippen molar-refractivity contribution in [1.29, 1.82) is 0 Å². The van der Waals surface area contributed by atoms with Gasteiger partial charge in [-0.3, -0.25) is 4.98 Å². The summed E-state index contributed by atoms with van der Waals surface area (Å²) in [7, 11) is 1.95. The number of likely N-dealkylation sites (N-methyl/N-ethyl adjacent to an activating group) is 1. The zero-order valence-electron chi connectivity index (χ0n) is 9.32. The fourth-order valence-corrected chi connectivity index (χ4v) is 2.03. The summed E-state index contributed by atoms with van der Waals surface area (Å²) in [5, 5.41) is 3.98. The van der Waals surface area contributed by atoms with Crippen molar-refractivity contribution < 1.29 is 4.74 Å². The van der Waals surface area contributed by atoms with Gasteiger partial charge in [0.1, 0.15) is 0 Å². The van der Waals surface area contributed by atoms with Gasteiger partial charge in [0.05, 0.1) is 30.1 Å². The van der Waals surface area contributed by atoms with E-state index in [1.807, 2.05) is 13.1 Å². The summed E-state index contributed by atoms with van der Waals surface area (Å²) in [4.78, 5) is 6.33. The smallest absolute Gasteiger partial charge is 0.0743 e. The first-order valence-corrected chi connectivity index (χ1v) is 5.78. The van der Waals surface area contributed by atoms with Crippen LogP contribution in [0.15, 0.2) is 18.5 Å². The van der Waals surface area contributed by atoms with Gasteiger partial charge in [-0.05, 0) is 13.1 Å². The Morgan fingerprint density at radius 1 is 1.62 bits per heavy atom. The molecule has 1 fully saturated rings. The van der Waals surface area contributed by atoms with E-state index in [9.17, 15) is 0 Å². The third-order valence-electron chi connectivity index (χ3n) is 2.76. The first-order valence-electron chi connectivity index (χ1n) is 5.40. The predicted octanol–water partition coefficient (Wildman–Crippen LogP) is 1.16. The summed E-state index contributed by atoms with van der Waals surface area (Å²) in [5.74, 6) is 0. The Kier molecular flexibility index (Phi) is 3.98. The fourth-order valence-electron chi connectivity index (χ4n) is 1.81. The zero-order valence-corrected chi connectivity index (χ0v) is 10.1. The van der Waals surface area contributed by atoms with Crippen LogP contribution in [0.1, 0.15) is 0 Å². The average Bonchev–Trinajstić information content (AvgIpc) is 2.55. The van der Waals surface area contributed by atoms with Crippen LogP contribution in [0.4, 0.5) is 5.69 Å². The SMILES string of the molecule is CNC1COCCN(c2cnccc2Cl)C1. The van der Waals surface area contributed by atoms with Gasteiger partial charge in [0.2, 0.25) is 0 Å². The zero-order chi connectivity index (χ0) is 11.4. The van der Waals surface area contributed by atoms with E-state index in [-0.39, 0.29) is 0 Å². The van der Waals surface area contributed by atoms with Crippen molar-refractivity contribution in [2.45, 2.75) is 6.04 Å². The highest BCUT2D eigenvalue weighted by Gasteiger charge is 2.19. The van der Waals surface area contributed by atoms with E-state index < -0.39 is 0 Å². The molecule has 5 heteroatoms. The number of nitrogens with zero attached hydrogens (tertiary/aromatic N) is 2. The summed E-state index contributed by atoms with van der Waals surface area (Å²) in [6.45, 7) is 3.21. The van der Waals surface area contributed by atoms with Crippen LogP contribution in [0.3, 0.4) is 0 Å². The van der Waals surface area contributed by atoms with Gasteiger partial charge in [-0.2, -0.15) is 0 Å². The minimum Gasteiger partial charge on any atom is -0.378 e. The van der Waals surface area contributed by atoms with Crippen molar-refractivity contribution in [3.05, 3.63) is 23.5 Å². The van der Waals surface area contributed by atoms with Gasteiger partial charge in [-0.1, -0.05) is 11.6 Å². The number of hydrogen-bond donors (Lipinski definition) is 1. The summed E-state index contributed by atoms with van der Waals surface area (Å²) in [6, 6.07) is 2.15. The number of rotatable bonds is 2. The lowest BCUT2D eigenvalue weighted by atomic mass is 10.2. The van der Waals surface area contributed by atoms with Crippen LogP contribution in [0.5, 0.6) is 0 Å². The molecule has 0 aliphatic carbocycles. The van der Waals surface area contributed by atoms with Gasteiger partial charge < -0.3 is 15.0 Å². The van der Waals surface area contributed by atoms with Crippen LogP contribution in [0.25, 0.3) is 0 Å². The van der Waals surface area contributed by atoms with Crippen molar-refractivity contribution in [1.82, 2.24) is 10.3 Å². The lowest BCUT2D eigenvalue weighted by Crippen LogP contribution is -2.40. The maximum atomic E-state index is 6.16. The molecule has 1 aliphatic heterocycles. The van der Waals surface area contributed by atoms with Crippen molar-refractivity contribution in [3.8, 4) is 0 Å². The summed E-state index contributed by atoms with van der Waals surface area (Å²) < 4.78 is 5.52. The molecule has 4 nitrogen and oxygen atoms in total. The molecule has 2 heterocycles. The molecule has 0 radical (unpaired) electrons. The van der Waals surface area contributed by atoms with Crippen LogP contribution >= 0.6 is 11.6 Å². The molecule has 2 rings (SSSR count). The number of pyridine rings is 1. The van der Waals surface area contributed by atoms with Gasteiger partial charge in [-0.15, -0.1) is 0 Å². The average molecular weight is 242 g/mol. The Hall–Kier alpha value is -0.840. The summed E-state index contributed by atoms with van der Waals surface area (Å²) >= 11 is 6.16. The van der Waals surface area contributed by atoms with E-state index in [0.29, 0.717) is 6.04 Å². The molecule has 0 saturated carbocycles. The maximum absolute atomic E-state index is 6.16.